The topological polar surface area (TPSA) is 86.8 Å². The quantitative estimate of drug-likeness (QED) is 0.287. The Kier molecular flexibility index (Phi) is 10.3. The van der Waals surface area contributed by atoms with Gasteiger partial charge in [-0.3, -0.25) is 13.9 Å². The van der Waals surface area contributed by atoms with Gasteiger partial charge < -0.3 is 10.2 Å². The Bertz CT molecular complexity index is 1480. The third-order valence-electron chi connectivity index (χ3n) is 7.36. The van der Waals surface area contributed by atoms with E-state index in [0.29, 0.717) is 0 Å². The summed E-state index contributed by atoms with van der Waals surface area (Å²) in [7, 11) is -4.23. The number of hydrogen-bond donors (Lipinski definition) is 1. The molecule has 2 amide bonds. The number of sulfonamides is 1. The number of carbonyl (C=O) groups excluding carboxylic acids is 2. The van der Waals surface area contributed by atoms with Crippen LogP contribution in [0, 0.1) is 6.92 Å². The van der Waals surface area contributed by atoms with E-state index >= 15 is 0 Å². The first-order chi connectivity index (χ1) is 19.6. The summed E-state index contributed by atoms with van der Waals surface area (Å²) in [6.07, 6.45) is 5.06. The summed E-state index contributed by atoms with van der Waals surface area (Å²) in [4.78, 5) is 28.9. The molecule has 0 bridgehead atoms. The number of amides is 2. The van der Waals surface area contributed by atoms with E-state index in [1.165, 1.54) is 23.1 Å². The van der Waals surface area contributed by atoms with Gasteiger partial charge in [0.15, 0.2) is 0 Å². The number of aryl methyl sites for hydroxylation is 1. The van der Waals surface area contributed by atoms with Gasteiger partial charge in [0, 0.05) is 12.6 Å². The molecule has 7 nitrogen and oxygen atoms in total. The van der Waals surface area contributed by atoms with Gasteiger partial charge in [0.2, 0.25) is 11.8 Å². The number of benzene rings is 3. The maximum absolute atomic E-state index is 14.1. The number of anilines is 1. The number of halogens is 2. The predicted octanol–water partition coefficient (Wildman–Crippen LogP) is 6.36. The molecule has 0 unspecified atom stereocenters. The maximum Gasteiger partial charge on any atom is 0.264 e. The van der Waals surface area contributed by atoms with Crippen molar-refractivity contribution in [3.8, 4) is 0 Å². The standard InChI is InChI=1S/C31H35Cl2N3O4S/c1-22-11-9-12-24(19-22)20-35(23(2)31(38)34-25-13-5-3-6-14-25)29(37)21-36(28-18-10-17-27(32)30(28)33)41(39,40)26-15-7-4-8-16-26/h4,7-12,15-19,23,25H,3,5-6,13-14,20-21H2,1-2H3,(H,34,38)/t23-/m1/s1. The molecule has 1 aliphatic rings. The van der Waals surface area contributed by atoms with Gasteiger partial charge in [-0.05, 0) is 56.5 Å². The van der Waals surface area contributed by atoms with Crippen LogP contribution in [0.4, 0.5) is 5.69 Å². The fourth-order valence-corrected chi connectivity index (χ4v) is 6.97. The van der Waals surface area contributed by atoms with Gasteiger partial charge in [0.05, 0.1) is 20.6 Å². The number of carbonyl (C=O) groups is 2. The Labute approximate surface area is 252 Å². The van der Waals surface area contributed by atoms with Crippen LogP contribution < -0.4 is 9.62 Å². The van der Waals surface area contributed by atoms with Crippen molar-refractivity contribution in [1.82, 2.24) is 10.2 Å². The summed E-state index contributed by atoms with van der Waals surface area (Å²) >= 11 is 12.7. The Morgan fingerprint density at radius 2 is 1.63 bits per heavy atom. The first-order valence-corrected chi connectivity index (χ1v) is 15.9. The van der Waals surface area contributed by atoms with E-state index in [1.807, 2.05) is 31.2 Å². The van der Waals surface area contributed by atoms with Crippen molar-refractivity contribution < 1.29 is 18.0 Å². The van der Waals surface area contributed by atoms with E-state index in [4.69, 9.17) is 23.2 Å². The SMILES string of the molecule is Cc1cccc(CN(C(=O)CN(c2cccc(Cl)c2Cl)S(=O)(=O)c2ccccc2)[C@H](C)C(=O)NC2CCCCC2)c1. The molecule has 0 saturated heterocycles. The largest absolute Gasteiger partial charge is 0.352 e. The zero-order valence-electron chi connectivity index (χ0n) is 23.2. The Morgan fingerprint density at radius 3 is 2.32 bits per heavy atom. The maximum atomic E-state index is 14.1. The molecular weight excluding hydrogens is 581 g/mol. The summed E-state index contributed by atoms with van der Waals surface area (Å²) in [5.74, 6) is -0.815. The fourth-order valence-electron chi connectivity index (χ4n) is 5.08. The normalized spacial score (nSPS) is 14.7. The number of hydrogen-bond acceptors (Lipinski definition) is 4. The van der Waals surface area contributed by atoms with E-state index < -0.39 is 28.5 Å². The molecule has 41 heavy (non-hydrogen) atoms. The monoisotopic (exact) mass is 615 g/mol. The van der Waals surface area contributed by atoms with Crippen LogP contribution in [0.3, 0.4) is 0 Å². The second kappa shape index (κ2) is 13.7. The van der Waals surface area contributed by atoms with Gasteiger partial charge in [-0.15, -0.1) is 0 Å². The lowest BCUT2D eigenvalue weighted by molar-refractivity contribution is -0.139. The van der Waals surface area contributed by atoms with Crippen LogP contribution in [0.1, 0.15) is 50.2 Å². The average molecular weight is 617 g/mol. The fraction of sp³-hybridized carbons (Fsp3) is 0.355. The molecule has 4 rings (SSSR count). The van der Waals surface area contributed by atoms with Crippen molar-refractivity contribution in [2.75, 3.05) is 10.8 Å². The first-order valence-electron chi connectivity index (χ1n) is 13.7. The van der Waals surface area contributed by atoms with Crippen molar-refractivity contribution in [1.29, 1.82) is 0 Å². The Balaban J connectivity index is 1.70. The summed E-state index contributed by atoms with van der Waals surface area (Å²) in [6.45, 7) is 3.17. The summed E-state index contributed by atoms with van der Waals surface area (Å²) < 4.78 is 28.8. The van der Waals surface area contributed by atoms with Crippen LogP contribution in [0.15, 0.2) is 77.7 Å². The van der Waals surface area contributed by atoms with E-state index in [2.05, 4.69) is 5.32 Å². The van der Waals surface area contributed by atoms with Crippen LogP contribution in [0.25, 0.3) is 0 Å². The molecule has 1 fully saturated rings. The van der Waals surface area contributed by atoms with Crippen molar-refractivity contribution in [3.63, 3.8) is 0 Å². The lowest BCUT2D eigenvalue weighted by Gasteiger charge is -2.33. The number of rotatable bonds is 10. The third kappa shape index (κ3) is 7.61. The molecule has 1 aliphatic carbocycles. The van der Waals surface area contributed by atoms with Crippen LogP contribution in [-0.2, 0) is 26.2 Å². The zero-order chi connectivity index (χ0) is 29.6. The van der Waals surface area contributed by atoms with E-state index in [0.717, 1.165) is 47.5 Å². The number of nitrogens with zero attached hydrogens (tertiary/aromatic N) is 2. The average Bonchev–Trinajstić information content (AvgIpc) is 2.97. The van der Waals surface area contributed by atoms with Gasteiger partial charge in [0.1, 0.15) is 12.6 Å². The van der Waals surface area contributed by atoms with Crippen molar-refractivity contribution >= 4 is 50.7 Å². The molecule has 1 N–H and O–H groups in total. The minimum atomic E-state index is -4.23. The highest BCUT2D eigenvalue weighted by molar-refractivity contribution is 7.92. The molecule has 10 heteroatoms. The molecule has 0 aromatic heterocycles. The lowest BCUT2D eigenvalue weighted by atomic mass is 9.95. The van der Waals surface area contributed by atoms with Gasteiger partial charge in [-0.1, -0.05) is 96.6 Å². The molecule has 1 atom stereocenters. The van der Waals surface area contributed by atoms with Gasteiger partial charge in [-0.25, -0.2) is 8.42 Å². The lowest BCUT2D eigenvalue weighted by Crippen LogP contribution is -2.53. The molecule has 218 valence electrons. The molecule has 3 aromatic carbocycles. The van der Waals surface area contributed by atoms with E-state index in [9.17, 15) is 18.0 Å². The van der Waals surface area contributed by atoms with E-state index in [1.54, 1.807) is 37.3 Å². The van der Waals surface area contributed by atoms with Crippen LogP contribution in [0.5, 0.6) is 0 Å². The molecule has 3 aromatic rings. The molecule has 0 aliphatic heterocycles. The highest BCUT2D eigenvalue weighted by Crippen LogP contribution is 2.35. The molecule has 0 radical (unpaired) electrons. The predicted molar refractivity (Wildman–Crippen MR) is 164 cm³/mol. The smallest absolute Gasteiger partial charge is 0.264 e. The second-order valence-electron chi connectivity index (χ2n) is 10.4. The molecule has 0 spiro atoms. The van der Waals surface area contributed by atoms with Crippen molar-refractivity contribution in [3.05, 3.63) is 94.0 Å². The second-order valence-corrected chi connectivity index (χ2v) is 13.1. The highest BCUT2D eigenvalue weighted by Gasteiger charge is 2.34. The van der Waals surface area contributed by atoms with Gasteiger partial charge in [-0.2, -0.15) is 0 Å². The Hall–Kier alpha value is -3.07. The summed E-state index contributed by atoms with van der Waals surface area (Å²) in [6, 6.07) is 19.3. The molecule has 1 saturated carbocycles. The summed E-state index contributed by atoms with van der Waals surface area (Å²) in [5, 5.41) is 3.27. The zero-order valence-corrected chi connectivity index (χ0v) is 25.6. The van der Waals surface area contributed by atoms with Crippen LogP contribution >= 0.6 is 23.2 Å². The van der Waals surface area contributed by atoms with Gasteiger partial charge >= 0.3 is 0 Å². The Morgan fingerprint density at radius 1 is 0.951 bits per heavy atom. The van der Waals surface area contributed by atoms with E-state index in [-0.39, 0.29) is 39.1 Å². The van der Waals surface area contributed by atoms with Crippen molar-refractivity contribution in [2.24, 2.45) is 0 Å². The first kappa shape index (κ1) is 30.9. The minimum absolute atomic E-state index is 0.00262. The minimum Gasteiger partial charge on any atom is -0.352 e. The van der Waals surface area contributed by atoms with Crippen LogP contribution in [-0.4, -0.2) is 43.8 Å². The third-order valence-corrected chi connectivity index (χ3v) is 9.95. The molecular formula is C31H35Cl2N3O4S. The van der Waals surface area contributed by atoms with Gasteiger partial charge in [0.25, 0.3) is 10.0 Å². The van der Waals surface area contributed by atoms with Crippen molar-refractivity contribution in [2.45, 2.75) is 69.5 Å². The van der Waals surface area contributed by atoms with Crippen LogP contribution in [0.2, 0.25) is 10.0 Å². The highest BCUT2D eigenvalue weighted by atomic mass is 35.5. The number of nitrogens with one attached hydrogen (secondary N) is 1. The molecule has 0 heterocycles. The summed E-state index contributed by atoms with van der Waals surface area (Å²) in [5.41, 5.74) is 1.91.